The number of hydrogen-bond acceptors (Lipinski definition) is 20. The quantitative estimate of drug-likeness (QED) is 0.0116. The summed E-state index contributed by atoms with van der Waals surface area (Å²) in [5.41, 5.74) is 89.5. The van der Waals surface area contributed by atoms with Crippen LogP contribution in [0, 0.1) is 35.0 Å². The first-order chi connectivity index (χ1) is 48.1. The Kier molecular flexibility index (Phi) is 47.6. The van der Waals surface area contributed by atoms with E-state index in [0.717, 1.165) is 0 Å². The zero-order chi connectivity index (χ0) is 77.3. The Balaban J connectivity index is 7.88. The van der Waals surface area contributed by atoms with Gasteiger partial charge in [-0.25, -0.2) is 0 Å². The van der Waals surface area contributed by atoms with Gasteiger partial charge >= 0.3 is 0 Å². The van der Waals surface area contributed by atoms with Crippen molar-refractivity contribution < 1.29 is 52.7 Å². The number of Topliss-reactive ketones (excluding diaryl/α,β-unsaturated/α-hetero) is 5. The molecule has 0 heterocycles. The maximum Gasteiger partial charge on any atom is 0.224 e. The minimum Gasteiger partial charge on any atom is -0.388 e. The van der Waals surface area contributed by atoms with E-state index in [9.17, 15) is 47.9 Å². The van der Waals surface area contributed by atoms with Gasteiger partial charge in [0.2, 0.25) is 35.4 Å². The molecule has 0 aliphatic heterocycles. The zero-order valence-electron chi connectivity index (χ0n) is 58.6. The molecular formula is C61H115N29O11S. The van der Waals surface area contributed by atoms with E-state index in [1.165, 1.54) is 6.92 Å². The van der Waals surface area contributed by atoms with Gasteiger partial charge in [-0.3, -0.25) is 93.1 Å². The highest BCUT2D eigenvalue weighted by atomic mass is 32.1. The van der Waals surface area contributed by atoms with Crippen LogP contribution in [-0.2, 0) is 52.7 Å². The Morgan fingerprint density at radius 1 is 0.333 bits per heavy atom. The number of aliphatic imine (C=N–C) groups is 7. The molecule has 6 amide bonds. The van der Waals surface area contributed by atoms with Gasteiger partial charge < -0.3 is 118 Å². The molecule has 0 radical (unpaired) electrons. The number of amidine groups is 1. The number of guanidine groups is 7. The van der Waals surface area contributed by atoms with Crippen molar-refractivity contribution in [3.05, 3.63) is 0 Å². The summed E-state index contributed by atoms with van der Waals surface area (Å²) in [5.74, 6) is -15.0. The SMILES string of the molecule is CC(=O)NCC(=O)C[C@H](CCCN=C(N)N)C(=O)N[C@H](CCCN=C(N)N)C(=O)C[C@H](CCCN=C(N)N)C(=O)N[C@H](CCCN=C(N)N)C(=O)C[C@H](CCCN=C(N)N)C(=O)N[C@H](CCCN=C(N)N)C(=O)C[C@H](CCCN=C(N)N)C(=O)N[C@H](CCCCC(=N)N)C(=O)C[C@H](CS)C(N)=O. The molecule has 102 heavy (non-hydrogen) atoms. The summed E-state index contributed by atoms with van der Waals surface area (Å²) < 4.78 is 0. The molecule has 0 unspecified atom stereocenters. The molecule has 0 aromatic rings. The Morgan fingerprint density at radius 3 is 0.794 bits per heavy atom. The lowest BCUT2D eigenvalue weighted by Crippen LogP contribution is -2.49. The van der Waals surface area contributed by atoms with Crippen molar-refractivity contribution in [2.75, 3.05) is 58.1 Å². The Morgan fingerprint density at radius 2 is 0.569 bits per heavy atom. The number of unbranched alkanes of at least 4 members (excludes halogenated alkanes) is 1. The van der Waals surface area contributed by atoms with Crippen molar-refractivity contribution in [2.45, 2.75) is 179 Å². The van der Waals surface area contributed by atoms with E-state index < -0.39 is 137 Å². The summed E-state index contributed by atoms with van der Waals surface area (Å²) >= 11 is 4.17. The van der Waals surface area contributed by atoms with E-state index in [2.05, 4.69) is 74.2 Å². The van der Waals surface area contributed by atoms with Gasteiger partial charge in [-0.2, -0.15) is 12.6 Å². The lowest BCUT2D eigenvalue weighted by Gasteiger charge is -2.27. The number of nitrogens with two attached hydrogens (primary N) is 16. The number of ketones is 5. The van der Waals surface area contributed by atoms with Crippen molar-refractivity contribution >= 4 is 125 Å². The van der Waals surface area contributed by atoms with Crippen molar-refractivity contribution in [3.63, 3.8) is 0 Å². The fourth-order valence-electron chi connectivity index (χ4n) is 10.4. The number of primary amides is 1. The summed E-state index contributed by atoms with van der Waals surface area (Å²) in [4.78, 5) is 182. The Hall–Kier alpha value is -10.1. The zero-order valence-corrected chi connectivity index (χ0v) is 59.5. The van der Waals surface area contributed by atoms with Gasteiger partial charge in [0.15, 0.2) is 70.6 Å². The fourth-order valence-corrected chi connectivity index (χ4v) is 10.7. The van der Waals surface area contributed by atoms with Crippen molar-refractivity contribution in [1.29, 1.82) is 5.41 Å². The number of hydrogen-bond donors (Lipinski definition) is 23. The van der Waals surface area contributed by atoms with Crippen LogP contribution in [0.3, 0.4) is 0 Å². The van der Waals surface area contributed by atoms with Crippen LogP contribution in [0.2, 0.25) is 0 Å². The molecule has 0 rings (SSSR count). The van der Waals surface area contributed by atoms with E-state index in [-0.39, 0.29) is 221 Å². The largest absolute Gasteiger partial charge is 0.388 e. The monoisotopic (exact) mass is 1460 g/mol. The molecule has 0 aromatic carbocycles. The van der Waals surface area contributed by atoms with Gasteiger partial charge in [-0.15, -0.1) is 0 Å². The Bertz CT molecular complexity index is 2930. The van der Waals surface area contributed by atoms with Crippen molar-refractivity contribution in [2.24, 2.45) is 156 Å². The predicted molar refractivity (Wildman–Crippen MR) is 395 cm³/mol. The van der Waals surface area contributed by atoms with Gasteiger partial charge in [0.05, 0.1) is 42.5 Å². The van der Waals surface area contributed by atoms with Gasteiger partial charge in [0.1, 0.15) is 0 Å². The molecule has 41 heteroatoms. The molecule has 0 fully saturated rings. The van der Waals surface area contributed by atoms with Crippen LogP contribution in [-0.4, -0.2) is 194 Å². The second kappa shape index (κ2) is 52.8. The first kappa shape index (κ1) is 91.9. The summed E-state index contributed by atoms with van der Waals surface area (Å²) in [6.45, 7) is 0.924. The van der Waals surface area contributed by atoms with Gasteiger partial charge in [-0.05, 0) is 103 Å². The number of carbonyl (C=O) groups is 11. The smallest absolute Gasteiger partial charge is 0.224 e. The van der Waals surface area contributed by atoms with Crippen LogP contribution in [0.15, 0.2) is 34.9 Å². The average Bonchev–Trinajstić information content (AvgIpc) is 0.853. The second-order valence-electron chi connectivity index (χ2n) is 24.6. The molecule has 38 N–H and O–H groups in total. The minimum atomic E-state index is -1.40. The van der Waals surface area contributed by atoms with Gasteiger partial charge in [-0.1, -0.05) is 6.42 Å². The molecule has 0 bridgehead atoms. The predicted octanol–water partition coefficient (Wildman–Crippen LogP) is -6.77. The molecule has 0 aromatic heterocycles. The highest BCUT2D eigenvalue weighted by molar-refractivity contribution is 7.80. The van der Waals surface area contributed by atoms with Crippen LogP contribution < -0.4 is 118 Å². The molecule has 40 nitrogen and oxygen atoms in total. The molecule has 0 spiro atoms. The van der Waals surface area contributed by atoms with Gasteiger partial charge in [0, 0.05) is 121 Å². The summed E-state index contributed by atoms with van der Waals surface area (Å²) in [5, 5.41) is 21.1. The molecule has 0 saturated carbocycles. The van der Waals surface area contributed by atoms with Crippen LogP contribution in [0.25, 0.3) is 0 Å². The standard InChI is InChI=1S/C61H115N29O11S/c1-34(91)86-32-40(92)27-35(11-4-20-79-55(65)66)51(98)88-42(16-8-24-83-59(73)74)45(93)29-37(13-6-22-81-57(69)70)53(100)90-44(18-10-26-85-61(77)78)47(95)30-38(14-7-23-82-58(71)72)54(101)89-43(17-9-25-84-60(75)76)46(94)28-36(12-5-21-80-56(67)68)52(99)87-41(15-2-3-19-49(62)63)48(96)31-39(33-102)50(64)97/h35-39,41-44,102H,2-33H2,1H3,(H3,62,63)(H2,64,97)(H,86,91)(H,87,99)(H,88,98)(H,89,101)(H,90,100)(H4,65,66,79)(H4,67,68,80)(H4,69,70,81)(H4,71,72,82)(H4,73,74,83)(H4,75,76,84)(H4,77,78,85)/t35-,36-,37-,38-,39+,41+,42+,43+,44+/m0/s1. The van der Waals surface area contributed by atoms with E-state index in [4.69, 9.17) is 97.1 Å². The third-order valence-electron chi connectivity index (χ3n) is 15.8. The molecular weight excluding hydrogens is 1350 g/mol. The number of rotatable bonds is 59. The van der Waals surface area contributed by atoms with Crippen LogP contribution >= 0.6 is 12.6 Å². The summed E-state index contributed by atoms with van der Waals surface area (Å²) in [6.07, 6.45) is -0.890. The van der Waals surface area contributed by atoms with Crippen LogP contribution in [0.1, 0.15) is 155 Å². The van der Waals surface area contributed by atoms with E-state index >= 15 is 4.79 Å². The summed E-state index contributed by atoms with van der Waals surface area (Å²) in [6, 6.07) is -5.27. The topological polar surface area (TPSA) is 775 Å². The number of nitrogens with one attached hydrogen (secondary N) is 6. The highest BCUT2D eigenvalue weighted by Crippen LogP contribution is 2.23. The molecule has 0 saturated heterocycles. The van der Waals surface area contributed by atoms with E-state index in [1.807, 2.05) is 0 Å². The van der Waals surface area contributed by atoms with Crippen LogP contribution in [0.5, 0.6) is 0 Å². The number of carbonyl (C=O) groups excluding carboxylic acids is 11. The molecule has 0 aliphatic rings. The lowest BCUT2D eigenvalue weighted by molar-refractivity contribution is -0.136. The number of thiol groups is 1. The fraction of sp³-hybridized carbons (Fsp3) is 0.689. The molecule has 0 aliphatic carbocycles. The first-order valence-electron chi connectivity index (χ1n) is 33.8. The third-order valence-corrected chi connectivity index (χ3v) is 16.2. The average molecular weight is 1460 g/mol. The van der Waals surface area contributed by atoms with Gasteiger partial charge in [0.25, 0.3) is 0 Å². The number of amides is 6. The maximum atomic E-state index is 15.0. The third kappa shape index (κ3) is 45.5. The van der Waals surface area contributed by atoms with Crippen LogP contribution in [0.4, 0.5) is 0 Å². The first-order valence-corrected chi connectivity index (χ1v) is 34.4. The summed E-state index contributed by atoms with van der Waals surface area (Å²) in [7, 11) is 0. The van der Waals surface area contributed by atoms with Crippen molar-refractivity contribution in [1.82, 2.24) is 26.6 Å². The molecule has 9 atom stereocenters. The highest BCUT2D eigenvalue weighted by Gasteiger charge is 2.36. The lowest BCUT2D eigenvalue weighted by atomic mass is 9.88. The molecule has 576 valence electrons. The minimum absolute atomic E-state index is 0.00185. The van der Waals surface area contributed by atoms with E-state index in [0.29, 0.717) is 12.8 Å². The second-order valence-corrected chi connectivity index (χ2v) is 24.9. The maximum absolute atomic E-state index is 15.0. The van der Waals surface area contributed by atoms with Crippen molar-refractivity contribution in [3.8, 4) is 0 Å². The normalized spacial score (nSPS) is 13.4. The number of nitrogens with zero attached hydrogens (tertiary/aromatic N) is 7. The van der Waals surface area contributed by atoms with E-state index in [1.54, 1.807) is 0 Å². The Labute approximate surface area is 600 Å².